The number of rotatable bonds is 12. The summed E-state index contributed by atoms with van der Waals surface area (Å²) < 4.78 is 24.4. The van der Waals surface area contributed by atoms with Crippen LogP contribution < -0.4 is 16.0 Å². The zero-order valence-corrected chi connectivity index (χ0v) is 30.0. The molecule has 6 atom stereocenters. The lowest BCUT2D eigenvalue weighted by Crippen LogP contribution is -2.62. The summed E-state index contributed by atoms with van der Waals surface area (Å²) in [5.74, 6) is 0.367. The second-order valence-electron chi connectivity index (χ2n) is 14.9. The van der Waals surface area contributed by atoms with Crippen LogP contribution in [0.2, 0.25) is 0 Å². The fourth-order valence-electron chi connectivity index (χ4n) is 6.72. The number of aromatic nitrogens is 1. The van der Waals surface area contributed by atoms with Crippen molar-refractivity contribution in [2.75, 3.05) is 24.7 Å². The van der Waals surface area contributed by atoms with Gasteiger partial charge in [0, 0.05) is 30.3 Å². The Bertz CT molecular complexity index is 1440. The Labute approximate surface area is 279 Å². The lowest BCUT2D eigenvalue weighted by Gasteiger charge is -2.47. The van der Waals surface area contributed by atoms with Gasteiger partial charge in [0.25, 0.3) is 0 Å². The number of hydrogen-bond acceptors (Lipinski definition) is 9. The van der Waals surface area contributed by atoms with Gasteiger partial charge < -0.3 is 21.1 Å². The van der Waals surface area contributed by atoms with Crippen LogP contribution in [0.25, 0.3) is 0 Å². The number of nitrogens with zero attached hydrogens (tertiary/aromatic N) is 2. The highest BCUT2D eigenvalue weighted by atomic mass is 32.2. The molecule has 2 amide bonds. The first-order valence-corrected chi connectivity index (χ1v) is 19.2. The zero-order valence-electron chi connectivity index (χ0n) is 28.4. The summed E-state index contributed by atoms with van der Waals surface area (Å²) in [6.07, 6.45) is 5.75. The molecule has 1 aliphatic heterocycles. The van der Waals surface area contributed by atoms with Gasteiger partial charge >= 0.3 is 0 Å². The number of carbonyl (C=O) groups excluding carboxylic acids is 2. The van der Waals surface area contributed by atoms with Crippen molar-refractivity contribution in [2.24, 2.45) is 11.8 Å². The minimum absolute atomic E-state index is 0.0368. The van der Waals surface area contributed by atoms with E-state index in [0.29, 0.717) is 29.9 Å². The van der Waals surface area contributed by atoms with Gasteiger partial charge in [-0.2, -0.15) is 0 Å². The van der Waals surface area contributed by atoms with Gasteiger partial charge in [-0.05, 0) is 78.2 Å². The molecule has 1 aromatic heterocycles. The summed E-state index contributed by atoms with van der Waals surface area (Å²) in [6, 6.07) is 7.29. The molecule has 4 rings (SSSR count). The van der Waals surface area contributed by atoms with Gasteiger partial charge in [0.2, 0.25) is 11.8 Å². The number of anilines is 1. The highest BCUT2D eigenvalue weighted by Crippen LogP contribution is 2.39. The molecule has 1 aliphatic carbocycles. The van der Waals surface area contributed by atoms with Gasteiger partial charge in [-0.3, -0.25) is 14.5 Å². The second-order valence-corrected chi connectivity index (χ2v) is 18.3. The van der Waals surface area contributed by atoms with Crippen LogP contribution in [-0.4, -0.2) is 89.1 Å². The SMILES string of the molecule is Cc1csc(N[C@H](C(=O)N[C@@H](Cc2ccccc2)[C@H](O)CN2CC3CCCCC3C[C@H]2C(=O)NC(C)(C)C)C(C)(C)S(C)(=O)=O)n1. The van der Waals surface area contributed by atoms with E-state index in [1.54, 1.807) is 0 Å². The number of likely N-dealkylation sites (tertiary alicyclic amines) is 1. The lowest BCUT2D eigenvalue weighted by molar-refractivity contribution is -0.133. The number of nitrogens with one attached hydrogen (secondary N) is 3. The first kappa shape index (κ1) is 36.3. The van der Waals surface area contributed by atoms with Crippen molar-refractivity contribution in [3.63, 3.8) is 0 Å². The predicted octanol–water partition coefficient (Wildman–Crippen LogP) is 3.94. The standard InChI is InChI=1S/C34H53N5O5S2/c1-22-21-45-32(35-22)37-29(34(5,6)46(7,43)44)31(42)36-26(17-23-13-9-8-10-14-23)28(40)20-39-19-25-16-12-11-15-24(25)18-27(39)30(41)38-33(2,3)4/h8-10,13-14,21,24-29,40H,11-12,15-20H2,1-7H3,(H,35,37)(H,36,42)(H,38,41)/t24?,25?,26-,27-,28+,29+/m0/s1. The molecule has 2 unspecified atom stereocenters. The van der Waals surface area contributed by atoms with Crippen molar-refractivity contribution in [1.82, 2.24) is 20.5 Å². The Morgan fingerprint density at radius 1 is 1.09 bits per heavy atom. The third-order valence-electron chi connectivity index (χ3n) is 9.62. The van der Waals surface area contributed by atoms with E-state index in [9.17, 15) is 23.1 Å². The number of benzene rings is 1. The average molecular weight is 676 g/mol. The first-order chi connectivity index (χ1) is 21.4. The lowest BCUT2D eigenvalue weighted by atomic mass is 9.72. The van der Waals surface area contributed by atoms with Crippen molar-refractivity contribution in [3.8, 4) is 0 Å². The molecule has 0 radical (unpaired) electrons. The summed E-state index contributed by atoms with van der Waals surface area (Å²) >= 11 is 1.30. The minimum Gasteiger partial charge on any atom is -0.390 e. The molecule has 0 spiro atoms. The topological polar surface area (TPSA) is 141 Å². The summed E-state index contributed by atoms with van der Waals surface area (Å²) in [7, 11) is -3.70. The highest BCUT2D eigenvalue weighted by molar-refractivity contribution is 7.92. The Morgan fingerprint density at radius 3 is 2.33 bits per heavy atom. The fourth-order valence-corrected chi connectivity index (χ4v) is 8.04. The van der Waals surface area contributed by atoms with Crippen LogP contribution in [0.5, 0.6) is 0 Å². The third-order valence-corrected chi connectivity index (χ3v) is 12.7. The van der Waals surface area contributed by atoms with Crippen LogP contribution in [0.1, 0.15) is 78.0 Å². The van der Waals surface area contributed by atoms with E-state index in [1.165, 1.54) is 38.0 Å². The number of aliphatic hydroxyl groups is 1. The maximum Gasteiger partial charge on any atom is 0.244 e. The average Bonchev–Trinajstić information content (AvgIpc) is 3.38. The van der Waals surface area contributed by atoms with Crippen LogP contribution in [0, 0.1) is 18.8 Å². The van der Waals surface area contributed by atoms with Crippen LogP contribution >= 0.6 is 11.3 Å². The molecule has 46 heavy (non-hydrogen) atoms. The van der Waals surface area contributed by atoms with Gasteiger partial charge in [-0.1, -0.05) is 49.6 Å². The van der Waals surface area contributed by atoms with E-state index < -0.39 is 38.7 Å². The largest absolute Gasteiger partial charge is 0.390 e. The number of hydrogen-bond donors (Lipinski definition) is 4. The van der Waals surface area contributed by atoms with Crippen LogP contribution in [0.4, 0.5) is 5.13 Å². The van der Waals surface area contributed by atoms with E-state index in [1.807, 2.05) is 63.4 Å². The monoisotopic (exact) mass is 675 g/mol. The molecule has 4 N–H and O–H groups in total. The predicted molar refractivity (Wildman–Crippen MR) is 185 cm³/mol. The molecule has 0 bridgehead atoms. The molecule has 10 nitrogen and oxygen atoms in total. The second kappa shape index (κ2) is 14.7. The third kappa shape index (κ3) is 9.29. The van der Waals surface area contributed by atoms with Crippen molar-refractivity contribution < 1.29 is 23.1 Å². The van der Waals surface area contributed by atoms with Crippen molar-refractivity contribution >= 4 is 38.1 Å². The molecule has 256 valence electrons. The molecule has 12 heteroatoms. The summed E-state index contributed by atoms with van der Waals surface area (Å²) in [6.45, 7) is 11.7. The van der Waals surface area contributed by atoms with Crippen LogP contribution in [0.15, 0.2) is 35.7 Å². The molecular formula is C34H53N5O5S2. The Kier molecular flexibility index (Phi) is 11.6. The van der Waals surface area contributed by atoms with Crippen LogP contribution in [0.3, 0.4) is 0 Å². The number of aliphatic hydroxyl groups excluding tert-OH is 1. The quantitative estimate of drug-likeness (QED) is 0.265. The Hall–Kier alpha value is -2.54. The molecule has 2 aromatic rings. The molecule has 2 heterocycles. The summed E-state index contributed by atoms with van der Waals surface area (Å²) in [4.78, 5) is 34.2. The van der Waals surface area contributed by atoms with Gasteiger partial charge in [-0.15, -0.1) is 11.3 Å². The van der Waals surface area contributed by atoms with Gasteiger partial charge in [-0.25, -0.2) is 13.4 Å². The van der Waals surface area contributed by atoms with E-state index in [2.05, 4.69) is 25.8 Å². The summed E-state index contributed by atoms with van der Waals surface area (Å²) in [5.41, 5.74) is 1.29. The molecule has 2 aliphatic rings. The zero-order chi connectivity index (χ0) is 33.9. The van der Waals surface area contributed by atoms with Gasteiger partial charge in [0.05, 0.1) is 28.6 Å². The van der Waals surface area contributed by atoms with Crippen molar-refractivity contribution in [1.29, 1.82) is 0 Å². The number of β-amino-alcohol motifs (C(OH)–C–C–N with tert-alkyl or cyclic N) is 1. The van der Waals surface area contributed by atoms with Crippen molar-refractivity contribution in [3.05, 3.63) is 47.0 Å². The molecular weight excluding hydrogens is 623 g/mol. The number of fused-ring (bicyclic) bond motifs is 1. The van der Waals surface area contributed by atoms with Crippen LogP contribution in [-0.2, 0) is 25.8 Å². The first-order valence-electron chi connectivity index (χ1n) is 16.4. The molecule has 1 aromatic carbocycles. The normalized spacial score (nSPS) is 23.1. The molecule has 2 fully saturated rings. The van der Waals surface area contributed by atoms with E-state index in [4.69, 9.17) is 0 Å². The van der Waals surface area contributed by atoms with Crippen molar-refractivity contribution in [2.45, 2.75) is 115 Å². The van der Waals surface area contributed by atoms with E-state index in [0.717, 1.165) is 36.8 Å². The van der Waals surface area contributed by atoms with E-state index >= 15 is 0 Å². The molecule has 1 saturated heterocycles. The number of sulfone groups is 1. The Morgan fingerprint density at radius 2 is 1.74 bits per heavy atom. The Balaban J connectivity index is 1.62. The minimum atomic E-state index is -3.70. The maximum atomic E-state index is 14.1. The fraction of sp³-hybridized carbons (Fsp3) is 0.676. The number of piperidine rings is 1. The number of aryl methyl sites for hydroxylation is 1. The highest BCUT2D eigenvalue weighted by Gasteiger charge is 2.46. The summed E-state index contributed by atoms with van der Waals surface area (Å²) in [5, 5.41) is 23.4. The van der Waals surface area contributed by atoms with Gasteiger partial charge in [0.15, 0.2) is 15.0 Å². The molecule has 1 saturated carbocycles. The van der Waals surface area contributed by atoms with Gasteiger partial charge in [0.1, 0.15) is 6.04 Å². The number of amides is 2. The number of thiazole rings is 1. The smallest absolute Gasteiger partial charge is 0.244 e. The number of carbonyl (C=O) groups is 2. The maximum absolute atomic E-state index is 14.1. The van der Waals surface area contributed by atoms with E-state index in [-0.39, 0.29) is 24.0 Å².